The summed E-state index contributed by atoms with van der Waals surface area (Å²) in [6.45, 7) is 1.75. The van der Waals surface area contributed by atoms with Crippen molar-refractivity contribution in [2.45, 2.75) is 24.5 Å². The van der Waals surface area contributed by atoms with Gasteiger partial charge >= 0.3 is 0 Å². The van der Waals surface area contributed by atoms with Gasteiger partial charge in [-0.3, -0.25) is 9.88 Å². The summed E-state index contributed by atoms with van der Waals surface area (Å²) in [5.41, 5.74) is 2.66. The van der Waals surface area contributed by atoms with Crippen molar-refractivity contribution in [2.24, 2.45) is 0 Å². The van der Waals surface area contributed by atoms with Gasteiger partial charge < -0.3 is 10.2 Å². The molecule has 0 aliphatic rings. The normalized spacial score (nSPS) is 11.0. The molecule has 0 aliphatic carbocycles. The lowest BCUT2D eigenvalue weighted by atomic mass is 10.1. The number of thioether (sulfide) groups is 1. The fraction of sp³-hybridized carbons (Fsp3) is 0.190. The van der Waals surface area contributed by atoms with Gasteiger partial charge in [-0.25, -0.2) is 0 Å². The van der Waals surface area contributed by atoms with Crippen molar-refractivity contribution in [2.75, 3.05) is 6.26 Å². The number of hydrogen-bond donors (Lipinski definition) is 2. The first-order valence-corrected chi connectivity index (χ1v) is 9.63. The van der Waals surface area contributed by atoms with Crippen LogP contribution < -0.4 is 0 Å². The molecule has 0 fully saturated rings. The number of phenols is 2. The molecule has 134 valence electrons. The Morgan fingerprint density at radius 3 is 2.31 bits per heavy atom. The van der Waals surface area contributed by atoms with E-state index in [-0.39, 0.29) is 11.5 Å². The Balaban J connectivity index is 1.86. The summed E-state index contributed by atoms with van der Waals surface area (Å²) >= 11 is 1.65. The van der Waals surface area contributed by atoms with E-state index in [1.165, 1.54) is 0 Å². The van der Waals surface area contributed by atoms with Gasteiger partial charge in [0.15, 0.2) is 0 Å². The number of aromatic hydroxyl groups is 2. The van der Waals surface area contributed by atoms with Crippen LogP contribution in [0.5, 0.6) is 11.5 Å². The summed E-state index contributed by atoms with van der Waals surface area (Å²) in [6, 6.07) is 18.8. The van der Waals surface area contributed by atoms with Crippen molar-refractivity contribution in [1.82, 2.24) is 9.88 Å². The fourth-order valence-corrected chi connectivity index (χ4v) is 3.29. The number of benzene rings is 2. The monoisotopic (exact) mass is 366 g/mol. The van der Waals surface area contributed by atoms with Gasteiger partial charge in [-0.05, 0) is 42.7 Å². The van der Waals surface area contributed by atoms with Gasteiger partial charge in [0, 0.05) is 41.9 Å². The highest BCUT2D eigenvalue weighted by molar-refractivity contribution is 7.98. The standard InChI is InChI=1S/C21H22N2O2S/c1-26-19-9-10-21(25)17(12-19)14-23(15-18-7-4-5-11-22-18)13-16-6-2-3-8-20(16)24/h2-12,24-25H,13-15H2,1H3. The molecule has 0 radical (unpaired) electrons. The highest BCUT2D eigenvalue weighted by Crippen LogP contribution is 2.27. The van der Waals surface area contributed by atoms with E-state index in [1.807, 2.05) is 54.8 Å². The average molecular weight is 366 g/mol. The summed E-state index contributed by atoms with van der Waals surface area (Å²) in [6.07, 6.45) is 3.79. The number of para-hydroxylation sites is 1. The van der Waals surface area contributed by atoms with Crippen molar-refractivity contribution in [3.63, 3.8) is 0 Å². The lowest BCUT2D eigenvalue weighted by molar-refractivity contribution is 0.238. The maximum atomic E-state index is 10.3. The topological polar surface area (TPSA) is 56.6 Å². The molecule has 0 spiro atoms. The molecule has 5 heteroatoms. The maximum Gasteiger partial charge on any atom is 0.120 e. The van der Waals surface area contributed by atoms with E-state index in [4.69, 9.17) is 0 Å². The van der Waals surface area contributed by atoms with Gasteiger partial charge in [-0.1, -0.05) is 24.3 Å². The van der Waals surface area contributed by atoms with E-state index in [0.29, 0.717) is 19.6 Å². The van der Waals surface area contributed by atoms with Crippen molar-refractivity contribution < 1.29 is 10.2 Å². The molecule has 0 aliphatic heterocycles. The molecule has 1 heterocycles. The first-order valence-electron chi connectivity index (χ1n) is 8.40. The van der Waals surface area contributed by atoms with Crippen LogP contribution in [0.4, 0.5) is 0 Å². The lowest BCUT2D eigenvalue weighted by Gasteiger charge is -2.23. The first kappa shape index (κ1) is 18.3. The Bertz CT molecular complexity index is 856. The van der Waals surface area contributed by atoms with Crippen LogP contribution in [0.1, 0.15) is 16.8 Å². The molecular formula is C21H22N2O2S. The molecule has 0 bridgehead atoms. The largest absolute Gasteiger partial charge is 0.508 e. The van der Waals surface area contributed by atoms with Crippen molar-refractivity contribution >= 4 is 11.8 Å². The van der Waals surface area contributed by atoms with E-state index in [1.54, 1.807) is 30.1 Å². The molecule has 3 aromatic rings. The number of rotatable bonds is 7. The number of aromatic nitrogens is 1. The van der Waals surface area contributed by atoms with Crippen molar-refractivity contribution in [3.8, 4) is 11.5 Å². The molecule has 3 rings (SSSR count). The summed E-state index contributed by atoms with van der Waals surface area (Å²) in [7, 11) is 0. The van der Waals surface area contributed by atoms with E-state index in [0.717, 1.165) is 21.7 Å². The minimum Gasteiger partial charge on any atom is -0.508 e. The van der Waals surface area contributed by atoms with Crippen LogP contribution in [0.25, 0.3) is 0 Å². The van der Waals surface area contributed by atoms with Gasteiger partial charge in [0.25, 0.3) is 0 Å². The summed E-state index contributed by atoms with van der Waals surface area (Å²) in [5, 5.41) is 20.4. The molecule has 0 saturated carbocycles. The van der Waals surface area contributed by atoms with Gasteiger partial charge in [0.05, 0.1) is 5.69 Å². The van der Waals surface area contributed by atoms with Crippen LogP contribution >= 0.6 is 11.8 Å². The molecule has 26 heavy (non-hydrogen) atoms. The van der Waals surface area contributed by atoms with Crippen molar-refractivity contribution in [3.05, 3.63) is 83.7 Å². The zero-order chi connectivity index (χ0) is 18.4. The van der Waals surface area contributed by atoms with Crippen LogP contribution in [-0.4, -0.2) is 26.4 Å². The molecule has 2 N–H and O–H groups in total. The zero-order valence-electron chi connectivity index (χ0n) is 14.7. The number of nitrogens with zero attached hydrogens (tertiary/aromatic N) is 2. The van der Waals surface area contributed by atoms with Crippen molar-refractivity contribution in [1.29, 1.82) is 0 Å². The highest BCUT2D eigenvalue weighted by Gasteiger charge is 2.14. The molecular weight excluding hydrogens is 344 g/mol. The van der Waals surface area contributed by atoms with Crippen LogP contribution in [0.3, 0.4) is 0 Å². The third-order valence-corrected chi connectivity index (χ3v) is 4.90. The SMILES string of the molecule is CSc1ccc(O)c(CN(Cc2ccccn2)Cc2ccccc2O)c1. The minimum absolute atomic E-state index is 0.278. The van der Waals surface area contributed by atoms with Crippen LogP contribution in [0.2, 0.25) is 0 Å². The number of phenolic OH excluding ortho intramolecular Hbond substituents is 2. The van der Waals surface area contributed by atoms with E-state index < -0.39 is 0 Å². The third kappa shape index (κ3) is 4.77. The zero-order valence-corrected chi connectivity index (χ0v) is 15.5. The predicted molar refractivity (Wildman–Crippen MR) is 105 cm³/mol. The summed E-state index contributed by atoms with van der Waals surface area (Å²) < 4.78 is 0. The molecule has 2 aromatic carbocycles. The Labute approximate surface area is 158 Å². The average Bonchev–Trinajstić information content (AvgIpc) is 2.66. The number of pyridine rings is 1. The second kappa shape index (κ2) is 8.74. The molecule has 0 atom stereocenters. The number of hydrogen-bond acceptors (Lipinski definition) is 5. The van der Waals surface area contributed by atoms with Gasteiger partial charge in [0.2, 0.25) is 0 Å². The third-order valence-electron chi connectivity index (χ3n) is 4.18. The molecule has 0 amide bonds. The van der Waals surface area contributed by atoms with E-state index in [2.05, 4.69) is 9.88 Å². The summed E-state index contributed by atoms with van der Waals surface area (Å²) in [5.74, 6) is 0.562. The lowest BCUT2D eigenvalue weighted by Crippen LogP contribution is -2.23. The highest BCUT2D eigenvalue weighted by atomic mass is 32.2. The molecule has 1 aromatic heterocycles. The van der Waals surface area contributed by atoms with Crippen LogP contribution in [0.15, 0.2) is 71.8 Å². The second-order valence-electron chi connectivity index (χ2n) is 6.09. The smallest absolute Gasteiger partial charge is 0.120 e. The Kier molecular flexibility index (Phi) is 6.15. The molecule has 0 unspecified atom stereocenters. The summed E-state index contributed by atoms with van der Waals surface area (Å²) in [4.78, 5) is 7.68. The minimum atomic E-state index is 0.278. The van der Waals surface area contributed by atoms with Gasteiger partial charge in [-0.15, -0.1) is 11.8 Å². The van der Waals surface area contributed by atoms with Crippen LogP contribution in [0, 0.1) is 0 Å². The Morgan fingerprint density at radius 1 is 0.846 bits per heavy atom. The van der Waals surface area contributed by atoms with Crippen LogP contribution in [-0.2, 0) is 19.6 Å². The van der Waals surface area contributed by atoms with E-state index >= 15 is 0 Å². The Morgan fingerprint density at radius 2 is 1.58 bits per heavy atom. The first-order chi connectivity index (χ1) is 12.7. The molecule has 0 saturated heterocycles. The van der Waals surface area contributed by atoms with Gasteiger partial charge in [0.1, 0.15) is 11.5 Å². The van der Waals surface area contributed by atoms with Gasteiger partial charge in [-0.2, -0.15) is 0 Å². The van der Waals surface area contributed by atoms with E-state index in [9.17, 15) is 10.2 Å². The Hall–Kier alpha value is -2.50. The molecule has 4 nitrogen and oxygen atoms in total. The maximum absolute atomic E-state index is 10.3. The second-order valence-corrected chi connectivity index (χ2v) is 6.97. The quantitative estimate of drug-likeness (QED) is 0.606. The fourth-order valence-electron chi connectivity index (χ4n) is 2.83. The predicted octanol–water partition coefficient (Wildman–Crippen LogP) is 4.42.